The van der Waals surface area contributed by atoms with Crippen molar-refractivity contribution >= 4 is 23.4 Å². The van der Waals surface area contributed by atoms with Crippen molar-refractivity contribution in [2.24, 2.45) is 5.73 Å². The molecular formula is C15H22N4O2S. The van der Waals surface area contributed by atoms with Gasteiger partial charge in [0.25, 0.3) is 5.91 Å². The lowest BCUT2D eigenvalue weighted by molar-refractivity contribution is -0.00920. The summed E-state index contributed by atoms with van der Waals surface area (Å²) in [5.74, 6) is 1.83. The second-order valence-corrected chi connectivity index (χ2v) is 6.88. The molecule has 120 valence electrons. The minimum atomic E-state index is -0.497. The average molecular weight is 322 g/mol. The Bertz CT molecular complexity index is 528. The van der Waals surface area contributed by atoms with Crippen molar-refractivity contribution in [2.75, 3.05) is 49.7 Å². The summed E-state index contributed by atoms with van der Waals surface area (Å²) in [6.07, 6.45) is 2.80. The van der Waals surface area contributed by atoms with E-state index < -0.39 is 5.91 Å². The molecule has 0 aromatic carbocycles. The number of carbonyl (C=O) groups is 1. The number of anilines is 1. The van der Waals surface area contributed by atoms with Crippen LogP contribution in [0.3, 0.4) is 0 Å². The number of rotatable bonds is 5. The Balaban J connectivity index is 1.69. The molecule has 3 N–H and O–H groups in total. The summed E-state index contributed by atoms with van der Waals surface area (Å²) in [6.45, 7) is 4.47. The number of morpholine rings is 1. The van der Waals surface area contributed by atoms with Gasteiger partial charge in [0.1, 0.15) is 5.69 Å². The second-order valence-electron chi connectivity index (χ2n) is 5.77. The molecule has 1 aromatic heterocycles. The Morgan fingerprint density at radius 3 is 3.00 bits per heavy atom. The summed E-state index contributed by atoms with van der Waals surface area (Å²) in [5.41, 5.74) is 6.65. The van der Waals surface area contributed by atoms with Crippen molar-refractivity contribution < 1.29 is 9.53 Å². The van der Waals surface area contributed by atoms with Gasteiger partial charge in [0.2, 0.25) is 0 Å². The van der Waals surface area contributed by atoms with E-state index >= 15 is 0 Å². The molecule has 6 nitrogen and oxygen atoms in total. The lowest BCUT2D eigenvalue weighted by Crippen LogP contribution is -2.57. The van der Waals surface area contributed by atoms with Crippen molar-refractivity contribution in [3.05, 3.63) is 24.0 Å². The Hall–Kier alpha value is -1.31. The van der Waals surface area contributed by atoms with Crippen LogP contribution in [0.25, 0.3) is 0 Å². The molecule has 1 atom stereocenters. The van der Waals surface area contributed by atoms with Gasteiger partial charge in [-0.25, -0.2) is 0 Å². The molecule has 1 amide bonds. The zero-order valence-electron chi connectivity index (χ0n) is 12.6. The summed E-state index contributed by atoms with van der Waals surface area (Å²) in [7, 11) is 0. The number of carbonyl (C=O) groups excluding carboxylic acids is 1. The van der Waals surface area contributed by atoms with Crippen LogP contribution in [0, 0.1) is 0 Å². The number of nitrogens with one attached hydrogen (secondary N) is 1. The third-order valence-electron chi connectivity index (χ3n) is 4.40. The number of hydrogen-bond donors (Lipinski definition) is 2. The van der Waals surface area contributed by atoms with Crippen LogP contribution >= 0.6 is 11.8 Å². The molecule has 2 fully saturated rings. The molecule has 2 aliphatic rings. The van der Waals surface area contributed by atoms with Gasteiger partial charge in [0.15, 0.2) is 0 Å². The highest BCUT2D eigenvalue weighted by molar-refractivity contribution is 7.99. The normalized spacial score (nSPS) is 26.0. The minimum Gasteiger partial charge on any atom is -0.383 e. The lowest BCUT2D eigenvalue weighted by atomic mass is 9.95. The summed E-state index contributed by atoms with van der Waals surface area (Å²) in [5, 5.41) is 3.48. The van der Waals surface area contributed by atoms with Crippen LogP contribution in [0.1, 0.15) is 16.9 Å². The SMILES string of the molecule is NC(=O)c1cc(NCC2(N3CCOCC3)CCSC2)ccn1. The van der Waals surface area contributed by atoms with Gasteiger partial charge in [-0.2, -0.15) is 11.8 Å². The quantitative estimate of drug-likeness (QED) is 0.835. The first kappa shape index (κ1) is 15.6. The molecule has 0 bridgehead atoms. The molecule has 7 heteroatoms. The number of thioether (sulfide) groups is 1. The summed E-state index contributed by atoms with van der Waals surface area (Å²) in [4.78, 5) is 17.8. The van der Waals surface area contributed by atoms with E-state index in [0.29, 0.717) is 5.69 Å². The minimum absolute atomic E-state index is 0.171. The monoisotopic (exact) mass is 322 g/mol. The third kappa shape index (κ3) is 3.37. The van der Waals surface area contributed by atoms with Gasteiger partial charge in [-0.05, 0) is 24.3 Å². The van der Waals surface area contributed by atoms with E-state index in [2.05, 4.69) is 15.2 Å². The molecule has 3 rings (SSSR count). The highest BCUT2D eigenvalue weighted by atomic mass is 32.2. The fourth-order valence-electron chi connectivity index (χ4n) is 3.08. The number of nitrogens with two attached hydrogens (primary N) is 1. The molecule has 2 aliphatic heterocycles. The predicted octanol–water partition coefficient (Wildman–Crippen LogP) is 0.800. The number of ether oxygens (including phenoxy) is 1. The first-order valence-electron chi connectivity index (χ1n) is 7.60. The van der Waals surface area contributed by atoms with E-state index in [9.17, 15) is 4.79 Å². The van der Waals surface area contributed by atoms with Crippen molar-refractivity contribution in [3.63, 3.8) is 0 Å². The van der Waals surface area contributed by atoms with Crippen LogP contribution in [0.4, 0.5) is 5.69 Å². The highest BCUT2D eigenvalue weighted by Crippen LogP contribution is 2.34. The Labute approximate surface area is 134 Å². The molecule has 22 heavy (non-hydrogen) atoms. The fraction of sp³-hybridized carbons (Fsp3) is 0.600. The lowest BCUT2D eigenvalue weighted by Gasteiger charge is -2.43. The van der Waals surface area contributed by atoms with Gasteiger partial charge in [0.05, 0.1) is 13.2 Å². The first-order valence-corrected chi connectivity index (χ1v) is 8.75. The van der Waals surface area contributed by atoms with Crippen molar-refractivity contribution in [3.8, 4) is 0 Å². The van der Waals surface area contributed by atoms with Crippen LogP contribution in [0.15, 0.2) is 18.3 Å². The van der Waals surface area contributed by atoms with Crippen LogP contribution in [-0.2, 0) is 4.74 Å². The maximum absolute atomic E-state index is 11.2. The maximum Gasteiger partial charge on any atom is 0.267 e. The topological polar surface area (TPSA) is 80.5 Å². The molecule has 3 heterocycles. The van der Waals surface area contributed by atoms with E-state index in [1.165, 1.54) is 12.2 Å². The van der Waals surface area contributed by atoms with E-state index in [1.54, 1.807) is 12.3 Å². The number of primary amides is 1. The Morgan fingerprint density at radius 2 is 2.32 bits per heavy atom. The second kappa shape index (κ2) is 6.85. The molecule has 1 unspecified atom stereocenters. The number of nitrogens with zero attached hydrogens (tertiary/aromatic N) is 2. The Kier molecular flexibility index (Phi) is 4.85. The zero-order chi connectivity index (χ0) is 15.4. The number of hydrogen-bond acceptors (Lipinski definition) is 6. The zero-order valence-corrected chi connectivity index (χ0v) is 13.4. The van der Waals surface area contributed by atoms with Crippen LogP contribution in [0.2, 0.25) is 0 Å². The number of amides is 1. The predicted molar refractivity (Wildman–Crippen MR) is 88.3 cm³/mol. The largest absolute Gasteiger partial charge is 0.383 e. The molecule has 0 saturated carbocycles. The first-order chi connectivity index (χ1) is 10.7. The molecular weight excluding hydrogens is 300 g/mol. The van der Waals surface area contributed by atoms with Gasteiger partial charge in [-0.15, -0.1) is 0 Å². The van der Waals surface area contributed by atoms with Gasteiger partial charge >= 0.3 is 0 Å². The molecule has 0 spiro atoms. The molecule has 0 radical (unpaired) electrons. The highest BCUT2D eigenvalue weighted by Gasteiger charge is 2.40. The maximum atomic E-state index is 11.2. The van der Waals surface area contributed by atoms with Crippen molar-refractivity contribution in [2.45, 2.75) is 12.0 Å². The van der Waals surface area contributed by atoms with E-state index in [1.807, 2.05) is 17.8 Å². The van der Waals surface area contributed by atoms with E-state index in [0.717, 1.165) is 44.3 Å². The summed E-state index contributed by atoms with van der Waals surface area (Å²) in [6, 6.07) is 3.60. The Morgan fingerprint density at radius 1 is 1.50 bits per heavy atom. The van der Waals surface area contributed by atoms with Crippen LogP contribution in [0.5, 0.6) is 0 Å². The van der Waals surface area contributed by atoms with E-state index in [4.69, 9.17) is 10.5 Å². The standard InChI is InChI=1S/C15H22N4O2S/c16-14(20)13-9-12(1-3-17-13)18-10-15(2-8-22-11-15)19-4-6-21-7-5-19/h1,3,9H,2,4-8,10-11H2,(H2,16,20)(H,17,18). The van der Waals surface area contributed by atoms with E-state index in [-0.39, 0.29) is 5.54 Å². The summed E-state index contributed by atoms with van der Waals surface area (Å²) < 4.78 is 5.48. The van der Waals surface area contributed by atoms with Gasteiger partial charge in [0, 0.05) is 42.8 Å². The molecule has 2 saturated heterocycles. The fourth-order valence-corrected chi connectivity index (χ4v) is 4.55. The smallest absolute Gasteiger partial charge is 0.267 e. The van der Waals surface area contributed by atoms with Gasteiger partial charge in [-0.1, -0.05) is 0 Å². The van der Waals surface area contributed by atoms with Crippen LogP contribution < -0.4 is 11.1 Å². The average Bonchev–Trinajstić information content (AvgIpc) is 3.04. The number of pyridine rings is 1. The summed E-state index contributed by atoms with van der Waals surface area (Å²) >= 11 is 2.01. The number of aromatic nitrogens is 1. The van der Waals surface area contributed by atoms with Crippen molar-refractivity contribution in [1.82, 2.24) is 9.88 Å². The molecule has 1 aromatic rings. The van der Waals surface area contributed by atoms with Crippen LogP contribution in [-0.4, -0.2) is 65.7 Å². The van der Waals surface area contributed by atoms with Crippen molar-refractivity contribution in [1.29, 1.82) is 0 Å². The molecule has 0 aliphatic carbocycles. The van der Waals surface area contributed by atoms with Gasteiger partial charge < -0.3 is 15.8 Å². The van der Waals surface area contributed by atoms with Gasteiger partial charge in [-0.3, -0.25) is 14.7 Å². The third-order valence-corrected chi connectivity index (χ3v) is 5.63.